The SMILES string of the molecule is Cc1cccc(C2(C(C#N)C(C)C)COC2)c1. The van der Waals surface area contributed by atoms with E-state index in [-0.39, 0.29) is 11.3 Å². The Labute approximate surface area is 103 Å². The minimum absolute atomic E-state index is 0.0260. The molecule has 1 fully saturated rings. The van der Waals surface area contributed by atoms with E-state index >= 15 is 0 Å². The van der Waals surface area contributed by atoms with E-state index in [1.165, 1.54) is 11.1 Å². The van der Waals surface area contributed by atoms with Crippen molar-refractivity contribution in [2.75, 3.05) is 13.2 Å². The van der Waals surface area contributed by atoms with Crippen LogP contribution in [0.1, 0.15) is 25.0 Å². The minimum Gasteiger partial charge on any atom is -0.379 e. The van der Waals surface area contributed by atoms with Crippen LogP contribution < -0.4 is 0 Å². The maximum Gasteiger partial charge on any atom is 0.0669 e. The van der Waals surface area contributed by atoms with Crippen LogP contribution in [0.25, 0.3) is 0 Å². The van der Waals surface area contributed by atoms with Gasteiger partial charge in [0.05, 0.1) is 30.6 Å². The third-order valence-corrected chi connectivity index (χ3v) is 3.71. The molecule has 2 nitrogen and oxygen atoms in total. The fraction of sp³-hybridized carbons (Fsp3) is 0.533. The zero-order chi connectivity index (χ0) is 12.5. The summed E-state index contributed by atoms with van der Waals surface area (Å²) in [5.74, 6) is 0.377. The Balaban J connectivity index is 2.41. The Bertz CT molecular complexity index is 440. The predicted octanol–water partition coefficient (Wildman–Crippen LogP) is 3.06. The Morgan fingerprint density at radius 1 is 1.35 bits per heavy atom. The van der Waals surface area contributed by atoms with Gasteiger partial charge in [-0.1, -0.05) is 43.7 Å². The average molecular weight is 229 g/mol. The van der Waals surface area contributed by atoms with Crippen LogP contribution in [-0.4, -0.2) is 13.2 Å². The molecule has 1 aromatic rings. The summed E-state index contributed by atoms with van der Waals surface area (Å²) in [6, 6.07) is 11.0. The molecule has 1 unspecified atom stereocenters. The number of hydrogen-bond acceptors (Lipinski definition) is 2. The van der Waals surface area contributed by atoms with E-state index in [1.54, 1.807) is 0 Å². The third kappa shape index (κ3) is 1.96. The fourth-order valence-electron chi connectivity index (χ4n) is 2.71. The van der Waals surface area contributed by atoms with Crippen LogP contribution in [0, 0.1) is 30.1 Å². The predicted molar refractivity (Wildman–Crippen MR) is 67.6 cm³/mol. The molecule has 0 amide bonds. The standard InChI is InChI=1S/C15H19NO/c1-11(2)14(8-16)15(9-17-10-15)13-6-4-5-12(3)7-13/h4-7,11,14H,9-10H2,1-3H3. The van der Waals surface area contributed by atoms with E-state index in [1.807, 2.05) is 0 Å². The molecule has 0 radical (unpaired) electrons. The van der Waals surface area contributed by atoms with Crippen molar-refractivity contribution in [1.29, 1.82) is 5.26 Å². The van der Waals surface area contributed by atoms with Gasteiger partial charge in [-0.2, -0.15) is 5.26 Å². The molecule has 0 saturated carbocycles. The van der Waals surface area contributed by atoms with Crippen LogP contribution in [0.2, 0.25) is 0 Å². The van der Waals surface area contributed by atoms with E-state index in [2.05, 4.69) is 51.1 Å². The Hall–Kier alpha value is -1.33. The second-order valence-electron chi connectivity index (χ2n) is 5.37. The van der Waals surface area contributed by atoms with E-state index in [0.717, 1.165) is 0 Å². The lowest BCUT2D eigenvalue weighted by Gasteiger charge is -2.46. The zero-order valence-corrected chi connectivity index (χ0v) is 10.7. The summed E-state index contributed by atoms with van der Waals surface area (Å²) in [5.41, 5.74) is 2.41. The number of nitrogens with zero attached hydrogens (tertiary/aromatic N) is 1. The highest BCUT2D eigenvalue weighted by atomic mass is 16.5. The lowest BCUT2D eigenvalue weighted by Crippen LogP contribution is -2.53. The van der Waals surface area contributed by atoms with Gasteiger partial charge < -0.3 is 4.74 Å². The number of aryl methyl sites for hydroxylation is 1. The van der Waals surface area contributed by atoms with Gasteiger partial charge in [-0.05, 0) is 18.4 Å². The molecule has 1 aliphatic rings. The highest BCUT2D eigenvalue weighted by Crippen LogP contribution is 2.42. The summed E-state index contributed by atoms with van der Waals surface area (Å²) in [6.07, 6.45) is 0. The van der Waals surface area contributed by atoms with Crippen LogP contribution in [0.5, 0.6) is 0 Å². The van der Waals surface area contributed by atoms with Crippen LogP contribution in [0.3, 0.4) is 0 Å². The average Bonchev–Trinajstić information content (AvgIpc) is 2.22. The van der Waals surface area contributed by atoms with Gasteiger partial charge in [0.2, 0.25) is 0 Å². The van der Waals surface area contributed by atoms with Crippen LogP contribution in [0.4, 0.5) is 0 Å². The molecular weight excluding hydrogens is 210 g/mol. The number of ether oxygens (including phenoxy) is 1. The van der Waals surface area contributed by atoms with Gasteiger partial charge in [-0.15, -0.1) is 0 Å². The van der Waals surface area contributed by atoms with Gasteiger partial charge in [0.25, 0.3) is 0 Å². The summed E-state index contributed by atoms with van der Waals surface area (Å²) in [7, 11) is 0. The lowest BCUT2D eigenvalue weighted by molar-refractivity contribution is -0.0876. The maximum atomic E-state index is 9.42. The zero-order valence-electron chi connectivity index (χ0n) is 10.7. The van der Waals surface area contributed by atoms with Gasteiger partial charge in [0.1, 0.15) is 0 Å². The van der Waals surface area contributed by atoms with Crippen LogP contribution in [0.15, 0.2) is 24.3 Å². The first-order valence-electron chi connectivity index (χ1n) is 6.14. The first kappa shape index (κ1) is 12.1. The van der Waals surface area contributed by atoms with Gasteiger partial charge in [0.15, 0.2) is 0 Å². The van der Waals surface area contributed by atoms with E-state index in [9.17, 15) is 5.26 Å². The fourth-order valence-corrected chi connectivity index (χ4v) is 2.71. The highest BCUT2D eigenvalue weighted by molar-refractivity contribution is 5.34. The third-order valence-electron chi connectivity index (χ3n) is 3.71. The van der Waals surface area contributed by atoms with Gasteiger partial charge in [-0.3, -0.25) is 0 Å². The van der Waals surface area contributed by atoms with Crippen molar-refractivity contribution in [2.24, 2.45) is 11.8 Å². The van der Waals surface area contributed by atoms with E-state index in [0.29, 0.717) is 19.1 Å². The first-order chi connectivity index (χ1) is 8.10. The molecule has 0 aliphatic carbocycles. The normalized spacial score (nSPS) is 19.5. The molecule has 0 bridgehead atoms. The number of rotatable bonds is 3. The minimum atomic E-state index is -0.0884. The van der Waals surface area contributed by atoms with Crippen LogP contribution in [-0.2, 0) is 10.2 Å². The van der Waals surface area contributed by atoms with Crippen molar-refractivity contribution in [3.63, 3.8) is 0 Å². The second-order valence-corrected chi connectivity index (χ2v) is 5.37. The summed E-state index contributed by atoms with van der Waals surface area (Å²) in [6.45, 7) is 7.67. The molecule has 0 aromatic heterocycles. The molecule has 2 rings (SSSR count). The maximum absolute atomic E-state index is 9.42. The molecule has 90 valence electrons. The summed E-state index contributed by atoms with van der Waals surface area (Å²) >= 11 is 0. The van der Waals surface area contributed by atoms with Crippen molar-refractivity contribution in [1.82, 2.24) is 0 Å². The molecule has 17 heavy (non-hydrogen) atoms. The molecular formula is C15H19NO. The second kappa shape index (κ2) is 4.50. The number of benzene rings is 1. The van der Waals surface area contributed by atoms with Crippen molar-refractivity contribution < 1.29 is 4.74 Å². The lowest BCUT2D eigenvalue weighted by atomic mass is 9.65. The molecule has 1 atom stereocenters. The van der Waals surface area contributed by atoms with E-state index in [4.69, 9.17) is 4.74 Å². The molecule has 1 aliphatic heterocycles. The summed E-state index contributed by atoms with van der Waals surface area (Å²) in [5, 5.41) is 9.42. The van der Waals surface area contributed by atoms with Crippen LogP contribution >= 0.6 is 0 Å². The number of nitriles is 1. The molecule has 1 heterocycles. The molecule has 0 N–H and O–H groups in total. The van der Waals surface area contributed by atoms with Crippen molar-refractivity contribution in [3.8, 4) is 6.07 Å². The topological polar surface area (TPSA) is 33.0 Å². The highest BCUT2D eigenvalue weighted by Gasteiger charge is 2.48. The summed E-state index contributed by atoms with van der Waals surface area (Å²) in [4.78, 5) is 0. The smallest absolute Gasteiger partial charge is 0.0669 e. The summed E-state index contributed by atoms with van der Waals surface area (Å²) < 4.78 is 5.41. The molecule has 1 saturated heterocycles. The van der Waals surface area contributed by atoms with Gasteiger partial charge in [-0.25, -0.2) is 0 Å². The monoisotopic (exact) mass is 229 g/mol. The molecule has 0 spiro atoms. The van der Waals surface area contributed by atoms with Crippen molar-refractivity contribution in [3.05, 3.63) is 35.4 Å². The van der Waals surface area contributed by atoms with Gasteiger partial charge in [0, 0.05) is 0 Å². The Morgan fingerprint density at radius 3 is 2.47 bits per heavy atom. The largest absolute Gasteiger partial charge is 0.379 e. The first-order valence-corrected chi connectivity index (χ1v) is 6.14. The molecule has 1 aromatic carbocycles. The van der Waals surface area contributed by atoms with E-state index < -0.39 is 0 Å². The van der Waals surface area contributed by atoms with Crippen molar-refractivity contribution in [2.45, 2.75) is 26.2 Å². The molecule has 2 heteroatoms. The van der Waals surface area contributed by atoms with Crippen molar-refractivity contribution >= 4 is 0 Å². The Kier molecular flexibility index (Phi) is 3.22. The quantitative estimate of drug-likeness (QED) is 0.798. The Morgan fingerprint density at radius 2 is 2.06 bits per heavy atom. The number of hydrogen-bond donors (Lipinski definition) is 0. The van der Waals surface area contributed by atoms with Gasteiger partial charge >= 0.3 is 0 Å².